The fourth-order valence-corrected chi connectivity index (χ4v) is 2.90. The number of hydrogen-bond acceptors (Lipinski definition) is 4. The van der Waals surface area contributed by atoms with E-state index in [1.165, 1.54) is 5.56 Å². The van der Waals surface area contributed by atoms with Crippen molar-refractivity contribution in [1.29, 1.82) is 0 Å². The number of aryl methyl sites for hydroxylation is 1. The highest BCUT2D eigenvalue weighted by atomic mass is 16.6. The Hall–Kier alpha value is -3.28. The summed E-state index contributed by atoms with van der Waals surface area (Å²) in [7, 11) is 1.63. The first kappa shape index (κ1) is 19.5. The van der Waals surface area contributed by atoms with Crippen LogP contribution in [0.1, 0.15) is 24.1 Å². The Morgan fingerprint density at radius 3 is 2.54 bits per heavy atom. The van der Waals surface area contributed by atoms with Crippen LogP contribution in [-0.2, 0) is 6.42 Å². The smallest absolute Gasteiger partial charge is 0.412 e. The lowest BCUT2D eigenvalue weighted by Crippen LogP contribution is -2.27. The molecule has 1 amide bonds. The molecule has 0 fully saturated rings. The molecule has 146 valence electrons. The Balaban J connectivity index is 1.45. The van der Waals surface area contributed by atoms with Gasteiger partial charge >= 0.3 is 6.09 Å². The second-order valence-corrected chi connectivity index (χ2v) is 6.46. The summed E-state index contributed by atoms with van der Waals surface area (Å²) in [6.45, 7) is 2.44. The number of methoxy groups -OCH3 is 1. The third-order valence-electron chi connectivity index (χ3n) is 4.49. The van der Waals surface area contributed by atoms with Crippen LogP contribution in [0, 0.1) is 6.92 Å². The first-order valence-electron chi connectivity index (χ1n) is 9.36. The average molecular weight is 379 g/mol. The minimum Gasteiger partial charge on any atom is -0.497 e. The second kappa shape index (κ2) is 9.60. The number of rotatable bonds is 8. The van der Waals surface area contributed by atoms with Gasteiger partial charge in [-0.05, 0) is 56.0 Å². The summed E-state index contributed by atoms with van der Waals surface area (Å²) in [5.41, 5.74) is 2.94. The zero-order valence-corrected chi connectivity index (χ0v) is 16.2. The summed E-state index contributed by atoms with van der Waals surface area (Å²) in [4.78, 5) is 12.0. The molecular formula is C22H25N3O3. The van der Waals surface area contributed by atoms with E-state index >= 15 is 0 Å². The number of nitrogens with one attached hydrogen (secondary N) is 1. The molecule has 0 aliphatic rings. The van der Waals surface area contributed by atoms with Gasteiger partial charge in [-0.2, -0.15) is 5.10 Å². The highest BCUT2D eigenvalue weighted by Crippen LogP contribution is 2.22. The lowest BCUT2D eigenvalue weighted by Gasteiger charge is -2.08. The zero-order chi connectivity index (χ0) is 19.8. The molecular weight excluding hydrogens is 354 g/mol. The molecule has 1 heterocycles. The van der Waals surface area contributed by atoms with E-state index in [2.05, 4.69) is 22.5 Å². The van der Waals surface area contributed by atoms with Gasteiger partial charge in [0.15, 0.2) is 5.75 Å². The quantitative estimate of drug-likeness (QED) is 0.593. The Bertz CT molecular complexity index is 889. The minimum absolute atomic E-state index is 0.442. The number of benzene rings is 2. The van der Waals surface area contributed by atoms with Crippen molar-refractivity contribution in [2.45, 2.75) is 26.2 Å². The van der Waals surface area contributed by atoms with Gasteiger partial charge in [0, 0.05) is 6.54 Å². The number of amides is 1. The van der Waals surface area contributed by atoms with E-state index in [9.17, 15) is 4.79 Å². The molecule has 1 aromatic heterocycles. The van der Waals surface area contributed by atoms with Crippen molar-refractivity contribution in [3.63, 3.8) is 0 Å². The van der Waals surface area contributed by atoms with Gasteiger partial charge in [0.25, 0.3) is 0 Å². The minimum atomic E-state index is -0.461. The van der Waals surface area contributed by atoms with Crippen LogP contribution in [0.25, 0.3) is 5.69 Å². The standard InChI is InChI=1S/C22H25N3O3/c1-17-21(16-24-25(17)19-11-13-20(27-2)14-12-19)28-22(26)23-15-7-6-10-18-8-4-3-5-9-18/h3-5,8-9,11-14,16H,6-7,10,15H2,1-2H3,(H,23,26). The van der Waals surface area contributed by atoms with Crippen LogP contribution in [-0.4, -0.2) is 29.5 Å². The number of nitrogens with zero attached hydrogens (tertiary/aromatic N) is 2. The van der Waals surface area contributed by atoms with E-state index in [-0.39, 0.29) is 0 Å². The van der Waals surface area contributed by atoms with Crippen LogP contribution in [0.3, 0.4) is 0 Å². The Morgan fingerprint density at radius 2 is 1.82 bits per heavy atom. The molecule has 3 aromatic rings. The largest absolute Gasteiger partial charge is 0.497 e. The fourth-order valence-electron chi connectivity index (χ4n) is 2.90. The summed E-state index contributed by atoms with van der Waals surface area (Å²) < 4.78 is 12.3. The SMILES string of the molecule is COc1ccc(-n2ncc(OC(=O)NCCCCc3ccccc3)c2C)cc1. The molecule has 1 N–H and O–H groups in total. The summed E-state index contributed by atoms with van der Waals surface area (Å²) in [6.07, 6.45) is 4.00. The Kier molecular flexibility index (Phi) is 6.68. The average Bonchev–Trinajstić information content (AvgIpc) is 3.08. The molecule has 28 heavy (non-hydrogen) atoms. The lowest BCUT2D eigenvalue weighted by molar-refractivity contribution is 0.200. The first-order valence-corrected chi connectivity index (χ1v) is 9.36. The summed E-state index contributed by atoms with van der Waals surface area (Å²) in [5, 5.41) is 7.10. The molecule has 0 aliphatic carbocycles. The van der Waals surface area contributed by atoms with Gasteiger partial charge < -0.3 is 14.8 Å². The zero-order valence-electron chi connectivity index (χ0n) is 16.2. The molecule has 0 spiro atoms. The number of hydrogen-bond donors (Lipinski definition) is 1. The molecule has 0 atom stereocenters. The van der Waals surface area contributed by atoms with Crippen LogP contribution in [0.2, 0.25) is 0 Å². The maximum atomic E-state index is 12.0. The van der Waals surface area contributed by atoms with Crippen LogP contribution in [0.15, 0.2) is 60.8 Å². The molecule has 0 unspecified atom stereocenters. The molecule has 0 saturated carbocycles. The third-order valence-corrected chi connectivity index (χ3v) is 4.49. The van der Waals surface area contributed by atoms with Gasteiger partial charge in [-0.3, -0.25) is 0 Å². The number of carbonyl (C=O) groups excluding carboxylic acids is 1. The fraction of sp³-hybridized carbons (Fsp3) is 0.273. The van der Waals surface area contributed by atoms with Gasteiger partial charge in [-0.1, -0.05) is 30.3 Å². The molecule has 0 saturated heterocycles. The molecule has 0 radical (unpaired) electrons. The van der Waals surface area contributed by atoms with Gasteiger partial charge in [-0.15, -0.1) is 0 Å². The van der Waals surface area contributed by atoms with Gasteiger partial charge in [0.1, 0.15) is 5.75 Å². The highest BCUT2D eigenvalue weighted by molar-refractivity contribution is 5.70. The number of aromatic nitrogens is 2. The van der Waals surface area contributed by atoms with Crippen molar-refractivity contribution in [1.82, 2.24) is 15.1 Å². The normalized spacial score (nSPS) is 10.5. The van der Waals surface area contributed by atoms with E-state index in [0.29, 0.717) is 12.3 Å². The van der Waals surface area contributed by atoms with Crippen LogP contribution >= 0.6 is 0 Å². The van der Waals surface area contributed by atoms with Gasteiger partial charge in [-0.25, -0.2) is 9.48 Å². The Labute approximate surface area is 165 Å². The predicted octanol–water partition coefficient (Wildman–Crippen LogP) is 4.30. The van der Waals surface area contributed by atoms with Crippen LogP contribution in [0.5, 0.6) is 11.5 Å². The number of ether oxygens (including phenoxy) is 2. The van der Waals surface area contributed by atoms with E-state index in [1.807, 2.05) is 49.4 Å². The molecule has 3 rings (SSSR count). The number of unbranched alkanes of at least 4 members (excludes halogenated alkanes) is 1. The van der Waals surface area contributed by atoms with Crippen molar-refractivity contribution in [2.75, 3.05) is 13.7 Å². The molecule has 0 bridgehead atoms. The molecule has 6 heteroatoms. The van der Waals surface area contributed by atoms with E-state index in [1.54, 1.807) is 18.0 Å². The van der Waals surface area contributed by atoms with Gasteiger partial charge in [0.05, 0.1) is 24.7 Å². The Morgan fingerprint density at radius 1 is 1.07 bits per heavy atom. The maximum absolute atomic E-state index is 12.0. The predicted molar refractivity (Wildman–Crippen MR) is 108 cm³/mol. The van der Waals surface area contributed by atoms with Crippen LogP contribution in [0.4, 0.5) is 4.79 Å². The molecule has 0 aliphatic heterocycles. The van der Waals surface area contributed by atoms with E-state index < -0.39 is 6.09 Å². The lowest BCUT2D eigenvalue weighted by atomic mass is 10.1. The summed E-state index contributed by atoms with van der Waals surface area (Å²) in [5.74, 6) is 1.22. The van der Waals surface area contributed by atoms with Crippen molar-refractivity contribution in [3.8, 4) is 17.2 Å². The second-order valence-electron chi connectivity index (χ2n) is 6.46. The van der Waals surface area contributed by atoms with E-state index in [4.69, 9.17) is 9.47 Å². The summed E-state index contributed by atoms with van der Waals surface area (Å²) >= 11 is 0. The van der Waals surface area contributed by atoms with Crippen molar-refractivity contribution in [3.05, 3.63) is 72.1 Å². The number of carbonyl (C=O) groups is 1. The molecule has 6 nitrogen and oxygen atoms in total. The highest BCUT2D eigenvalue weighted by Gasteiger charge is 2.13. The van der Waals surface area contributed by atoms with Crippen molar-refractivity contribution in [2.24, 2.45) is 0 Å². The van der Waals surface area contributed by atoms with Crippen molar-refractivity contribution < 1.29 is 14.3 Å². The van der Waals surface area contributed by atoms with E-state index in [0.717, 1.165) is 36.4 Å². The van der Waals surface area contributed by atoms with Gasteiger partial charge in [0.2, 0.25) is 0 Å². The van der Waals surface area contributed by atoms with Crippen molar-refractivity contribution >= 4 is 6.09 Å². The summed E-state index contributed by atoms with van der Waals surface area (Å²) in [6, 6.07) is 17.8. The third kappa shape index (κ3) is 5.13. The topological polar surface area (TPSA) is 65.4 Å². The maximum Gasteiger partial charge on any atom is 0.412 e. The van der Waals surface area contributed by atoms with Crippen LogP contribution < -0.4 is 14.8 Å². The monoisotopic (exact) mass is 379 g/mol. The first-order chi connectivity index (χ1) is 13.7. The molecule has 2 aromatic carbocycles.